The molecule has 0 saturated heterocycles. The molecule has 0 saturated carbocycles. The van der Waals surface area contributed by atoms with E-state index in [2.05, 4.69) is 68.4 Å². The average molecular weight is 375 g/mol. The third-order valence-electron chi connectivity index (χ3n) is 2.40. The van der Waals surface area contributed by atoms with Gasteiger partial charge in [0.1, 0.15) is 0 Å². The van der Waals surface area contributed by atoms with Crippen LogP contribution in [0.2, 0.25) is 0 Å². The summed E-state index contributed by atoms with van der Waals surface area (Å²) in [5.41, 5.74) is 1.24. The van der Waals surface area contributed by atoms with Crippen LogP contribution in [-0.4, -0.2) is 6.54 Å². The minimum atomic E-state index is 0.951. The smallest absolute Gasteiger partial charge is 0.0357 e. The van der Waals surface area contributed by atoms with Crippen molar-refractivity contribution in [3.05, 3.63) is 44.2 Å². The van der Waals surface area contributed by atoms with Crippen molar-refractivity contribution < 1.29 is 0 Å². The van der Waals surface area contributed by atoms with Crippen molar-refractivity contribution >= 4 is 43.2 Å². The van der Waals surface area contributed by atoms with Gasteiger partial charge in [0.05, 0.1) is 0 Å². The van der Waals surface area contributed by atoms with E-state index in [0.717, 1.165) is 22.0 Å². The topological polar surface area (TPSA) is 12.0 Å². The van der Waals surface area contributed by atoms with Crippen LogP contribution in [-0.2, 0) is 6.54 Å². The summed E-state index contributed by atoms with van der Waals surface area (Å²) in [6, 6.07) is 10.6. The van der Waals surface area contributed by atoms with E-state index in [1.54, 1.807) is 0 Å². The predicted octanol–water partition coefficient (Wildman–Crippen LogP) is 5.05. The highest BCUT2D eigenvalue weighted by molar-refractivity contribution is 9.11. The van der Waals surface area contributed by atoms with Crippen molar-refractivity contribution in [3.63, 3.8) is 0 Å². The van der Waals surface area contributed by atoms with E-state index in [1.165, 1.54) is 15.3 Å². The molecular formula is C13H13Br2NS. The zero-order valence-electron chi connectivity index (χ0n) is 9.47. The zero-order chi connectivity index (χ0) is 12.3. The molecule has 0 aliphatic carbocycles. The molecule has 1 nitrogen and oxygen atoms in total. The Morgan fingerprint density at radius 3 is 2.76 bits per heavy atom. The summed E-state index contributed by atoms with van der Waals surface area (Å²) in [6.07, 6.45) is 0. The van der Waals surface area contributed by atoms with Crippen molar-refractivity contribution in [2.45, 2.75) is 13.5 Å². The molecule has 0 amide bonds. The van der Waals surface area contributed by atoms with Gasteiger partial charge in [-0.05, 0) is 36.9 Å². The Morgan fingerprint density at radius 1 is 1.18 bits per heavy atom. The number of rotatable bonds is 4. The predicted molar refractivity (Wildman–Crippen MR) is 82.5 cm³/mol. The first-order valence-electron chi connectivity index (χ1n) is 5.45. The van der Waals surface area contributed by atoms with Gasteiger partial charge in [0, 0.05) is 30.8 Å². The summed E-state index contributed by atoms with van der Waals surface area (Å²) >= 11 is 8.95. The van der Waals surface area contributed by atoms with E-state index >= 15 is 0 Å². The van der Waals surface area contributed by atoms with Gasteiger partial charge in [-0.25, -0.2) is 0 Å². The van der Waals surface area contributed by atoms with Gasteiger partial charge in [-0.2, -0.15) is 0 Å². The molecule has 0 atom stereocenters. The van der Waals surface area contributed by atoms with Crippen LogP contribution in [0.25, 0.3) is 10.4 Å². The standard InChI is InChI=1S/C13H13Br2NS/c1-2-16-8-10-4-6-13(17-10)11-7-9(14)3-5-12(11)15/h3-7,16H,2,8H2,1H3. The highest BCUT2D eigenvalue weighted by Crippen LogP contribution is 2.35. The number of nitrogens with one attached hydrogen (secondary N) is 1. The molecule has 0 unspecified atom stereocenters. The lowest BCUT2D eigenvalue weighted by molar-refractivity contribution is 0.735. The highest BCUT2D eigenvalue weighted by Gasteiger charge is 2.07. The fourth-order valence-corrected chi connectivity index (χ4v) is 3.51. The maximum atomic E-state index is 3.60. The van der Waals surface area contributed by atoms with E-state index in [4.69, 9.17) is 0 Å². The first-order valence-corrected chi connectivity index (χ1v) is 7.86. The normalized spacial score (nSPS) is 10.8. The molecule has 2 rings (SSSR count). The molecule has 1 aromatic heterocycles. The molecule has 0 aliphatic rings. The summed E-state index contributed by atoms with van der Waals surface area (Å²) in [7, 11) is 0. The first kappa shape index (κ1) is 13.3. The summed E-state index contributed by atoms with van der Waals surface area (Å²) < 4.78 is 2.25. The van der Waals surface area contributed by atoms with Gasteiger partial charge in [0.25, 0.3) is 0 Å². The SMILES string of the molecule is CCNCc1ccc(-c2cc(Br)ccc2Br)s1. The van der Waals surface area contributed by atoms with Crippen LogP contribution >= 0.6 is 43.2 Å². The first-order chi connectivity index (χ1) is 8.20. The highest BCUT2D eigenvalue weighted by atomic mass is 79.9. The third-order valence-corrected chi connectivity index (χ3v) is 4.71. The quantitative estimate of drug-likeness (QED) is 0.789. The minimum Gasteiger partial charge on any atom is -0.312 e. The average Bonchev–Trinajstić information content (AvgIpc) is 2.78. The Balaban J connectivity index is 2.27. The summed E-state index contributed by atoms with van der Waals surface area (Å²) in [5.74, 6) is 0. The Morgan fingerprint density at radius 2 is 2.00 bits per heavy atom. The summed E-state index contributed by atoms with van der Waals surface area (Å²) in [4.78, 5) is 2.67. The fourth-order valence-electron chi connectivity index (χ4n) is 1.55. The van der Waals surface area contributed by atoms with Gasteiger partial charge < -0.3 is 5.32 Å². The van der Waals surface area contributed by atoms with Crippen LogP contribution in [0.3, 0.4) is 0 Å². The molecule has 0 aliphatic heterocycles. The maximum Gasteiger partial charge on any atom is 0.0357 e. The Bertz CT molecular complexity index is 508. The molecule has 90 valence electrons. The van der Waals surface area contributed by atoms with Gasteiger partial charge >= 0.3 is 0 Å². The Kier molecular flexibility index (Phi) is 4.79. The Labute approximate surface area is 123 Å². The molecule has 2 aromatic rings. The van der Waals surface area contributed by atoms with Crippen LogP contribution in [0.15, 0.2) is 39.3 Å². The summed E-state index contributed by atoms with van der Waals surface area (Å²) in [6.45, 7) is 4.08. The lowest BCUT2D eigenvalue weighted by atomic mass is 10.2. The second-order valence-electron chi connectivity index (χ2n) is 3.67. The van der Waals surface area contributed by atoms with Crippen LogP contribution in [0.1, 0.15) is 11.8 Å². The van der Waals surface area contributed by atoms with Crippen molar-refractivity contribution in [3.8, 4) is 10.4 Å². The second-order valence-corrected chi connectivity index (χ2v) is 6.61. The fraction of sp³-hybridized carbons (Fsp3) is 0.231. The van der Waals surface area contributed by atoms with Gasteiger partial charge in [-0.1, -0.05) is 38.8 Å². The van der Waals surface area contributed by atoms with Gasteiger partial charge in [-0.15, -0.1) is 11.3 Å². The largest absolute Gasteiger partial charge is 0.312 e. The molecule has 17 heavy (non-hydrogen) atoms. The minimum absolute atomic E-state index is 0.951. The van der Waals surface area contributed by atoms with Crippen LogP contribution in [0.5, 0.6) is 0 Å². The number of benzene rings is 1. The Hall–Kier alpha value is -0.160. The van der Waals surface area contributed by atoms with E-state index in [0.29, 0.717) is 0 Å². The van der Waals surface area contributed by atoms with Crippen LogP contribution < -0.4 is 5.32 Å². The molecule has 1 aromatic carbocycles. The number of halogens is 2. The van der Waals surface area contributed by atoms with E-state index < -0.39 is 0 Å². The van der Waals surface area contributed by atoms with Gasteiger partial charge in [0.15, 0.2) is 0 Å². The zero-order valence-corrected chi connectivity index (χ0v) is 13.5. The van der Waals surface area contributed by atoms with Crippen LogP contribution in [0.4, 0.5) is 0 Å². The monoisotopic (exact) mass is 373 g/mol. The van der Waals surface area contributed by atoms with E-state index in [9.17, 15) is 0 Å². The summed E-state index contributed by atoms with van der Waals surface area (Å²) in [5, 5.41) is 3.34. The molecule has 1 N–H and O–H groups in total. The van der Waals surface area contributed by atoms with Crippen molar-refractivity contribution in [2.24, 2.45) is 0 Å². The van der Waals surface area contributed by atoms with E-state index in [1.807, 2.05) is 17.4 Å². The van der Waals surface area contributed by atoms with E-state index in [-0.39, 0.29) is 0 Å². The molecule has 0 bridgehead atoms. The second kappa shape index (κ2) is 6.14. The van der Waals surface area contributed by atoms with Gasteiger partial charge in [-0.3, -0.25) is 0 Å². The number of hydrogen-bond acceptors (Lipinski definition) is 2. The number of thiophene rings is 1. The van der Waals surface area contributed by atoms with Gasteiger partial charge in [0.2, 0.25) is 0 Å². The molecule has 0 spiro atoms. The lowest BCUT2D eigenvalue weighted by Crippen LogP contribution is -2.10. The molecule has 4 heteroatoms. The molecule has 1 heterocycles. The lowest BCUT2D eigenvalue weighted by Gasteiger charge is -2.02. The van der Waals surface area contributed by atoms with Crippen molar-refractivity contribution in [1.29, 1.82) is 0 Å². The maximum absolute atomic E-state index is 3.60. The van der Waals surface area contributed by atoms with Crippen LogP contribution in [0, 0.1) is 0 Å². The van der Waals surface area contributed by atoms with Crippen molar-refractivity contribution in [1.82, 2.24) is 5.32 Å². The number of hydrogen-bond donors (Lipinski definition) is 1. The molecular weight excluding hydrogens is 362 g/mol. The van der Waals surface area contributed by atoms with Crippen molar-refractivity contribution in [2.75, 3.05) is 6.54 Å². The molecule has 0 radical (unpaired) electrons. The third kappa shape index (κ3) is 3.41. The molecule has 0 fully saturated rings.